The molecule has 9 heavy (non-hydrogen) atoms. The molecule has 1 heterocycles. The zero-order valence-electron chi connectivity index (χ0n) is 5.56. The quantitative estimate of drug-likeness (QED) is 0.523. The Morgan fingerprint density at radius 2 is 2.22 bits per heavy atom. The lowest BCUT2D eigenvalue weighted by molar-refractivity contribution is 0.464. The first-order chi connectivity index (χ1) is 4.37. The highest BCUT2D eigenvalue weighted by Crippen LogP contribution is 2.54. The molecule has 2 aliphatic rings. The molecular formula is C7H13NS. The van der Waals surface area contributed by atoms with Gasteiger partial charge in [-0.15, -0.1) is 0 Å². The average molecular weight is 143 g/mol. The van der Waals surface area contributed by atoms with E-state index < -0.39 is 0 Å². The summed E-state index contributed by atoms with van der Waals surface area (Å²) in [5.41, 5.74) is 0.724. The molecule has 2 rings (SSSR count). The maximum absolute atomic E-state index is 4.31. The number of hydrogen-bond acceptors (Lipinski definition) is 2. The molecule has 1 atom stereocenters. The normalized spacial score (nSPS) is 37.7. The highest BCUT2D eigenvalue weighted by molar-refractivity contribution is 7.80. The predicted molar refractivity (Wildman–Crippen MR) is 41.9 cm³/mol. The van der Waals surface area contributed by atoms with Gasteiger partial charge in [0, 0.05) is 11.8 Å². The van der Waals surface area contributed by atoms with Crippen molar-refractivity contribution in [3.63, 3.8) is 0 Å². The van der Waals surface area contributed by atoms with Crippen LogP contribution in [0.2, 0.25) is 0 Å². The Morgan fingerprint density at radius 1 is 1.44 bits per heavy atom. The Bertz CT molecular complexity index is 120. The van der Waals surface area contributed by atoms with Crippen molar-refractivity contribution in [3.05, 3.63) is 0 Å². The molecular weight excluding hydrogens is 130 g/mol. The molecule has 0 radical (unpaired) electrons. The van der Waals surface area contributed by atoms with Crippen molar-refractivity contribution in [2.24, 2.45) is 5.41 Å². The van der Waals surface area contributed by atoms with Gasteiger partial charge in [0.2, 0.25) is 0 Å². The Kier molecular flexibility index (Phi) is 1.27. The van der Waals surface area contributed by atoms with E-state index in [0.717, 1.165) is 17.2 Å². The molecule has 2 heteroatoms. The molecule has 52 valence electrons. The maximum atomic E-state index is 4.31. The summed E-state index contributed by atoms with van der Waals surface area (Å²) in [6.07, 6.45) is 4.30. The second kappa shape index (κ2) is 1.89. The van der Waals surface area contributed by atoms with Crippen LogP contribution in [0.15, 0.2) is 0 Å². The third-order valence-corrected chi connectivity index (χ3v) is 3.19. The Morgan fingerprint density at radius 3 is 2.67 bits per heavy atom. The van der Waals surface area contributed by atoms with E-state index in [1.54, 1.807) is 0 Å². The zero-order chi connectivity index (χ0) is 6.32. The summed E-state index contributed by atoms with van der Waals surface area (Å²) in [5.74, 6) is 1.03. The van der Waals surface area contributed by atoms with Gasteiger partial charge in [0.1, 0.15) is 0 Å². The Balaban J connectivity index is 2.05. The van der Waals surface area contributed by atoms with Gasteiger partial charge in [-0.25, -0.2) is 0 Å². The molecule has 0 bridgehead atoms. The highest BCUT2D eigenvalue weighted by atomic mass is 32.1. The molecule has 0 aromatic rings. The minimum atomic E-state index is 0.724. The summed E-state index contributed by atoms with van der Waals surface area (Å²) in [6.45, 7) is 1.23. The first-order valence-electron chi connectivity index (χ1n) is 3.72. The summed E-state index contributed by atoms with van der Waals surface area (Å²) in [4.78, 5) is 0. The number of hydrogen-bond donors (Lipinski definition) is 2. The van der Waals surface area contributed by atoms with E-state index >= 15 is 0 Å². The van der Waals surface area contributed by atoms with Gasteiger partial charge in [-0.2, -0.15) is 12.6 Å². The minimum Gasteiger partial charge on any atom is -0.313 e. The van der Waals surface area contributed by atoms with Crippen LogP contribution in [0.1, 0.15) is 19.3 Å². The number of thiol groups is 1. The first kappa shape index (κ1) is 6.05. The van der Waals surface area contributed by atoms with Crippen LogP contribution in [-0.4, -0.2) is 18.3 Å². The third kappa shape index (κ3) is 0.802. The van der Waals surface area contributed by atoms with Gasteiger partial charge in [0.15, 0.2) is 0 Å². The van der Waals surface area contributed by atoms with Crippen LogP contribution in [0.25, 0.3) is 0 Å². The van der Waals surface area contributed by atoms with Gasteiger partial charge in [-0.1, -0.05) is 0 Å². The fourth-order valence-corrected chi connectivity index (χ4v) is 2.42. The van der Waals surface area contributed by atoms with Gasteiger partial charge in [-0.05, 0) is 31.2 Å². The van der Waals surface area contributed by atoms with Crippen LogP contribution in [0, 0.1) is 5.41 Å². The van der Waals surface area contributed by atoms with E-state index in [-0.39, 0.29) is 0 Å². The van der Waals surface area contributed by atoms with Crippen molar-refractivity contribution in [1.29, 1.82) is 0 Å². The van der Waals surface area contributed by atoms with E-state index in [4.69, 9.17) is 0 Å². The molecule has 1 aliphatic heterocycles. The lowest BCUT2D eigenvalue weighted by atomic mass is 9.99. The summed E-state index contributed by atoms with van der Waals surface area (Å²) in [7, 11) is 0. The summed E-state index contributed by atoms with van der Waals surface area (Å²) in [5, 5.41) is 3.48. The highest BCUT2D eigenvalue weighted by Gasteiger charge is 2.51. The van der Waals surface area contributed by atoms with Crippen molar-refractivity contribution < 1.29 is 0 Å². The minimum absolute atomic E-state index is 0.724. The van der Waals surface area contributed by atoms with Crippen LogP contribution in [0.3, 0.4) is 0 Å². The fraction of sp³-hybridized carbons (Fsp3) is 1.00. The molecule has 1 saturated carbocycles. The summed E-state index contributed by atoms with van der Waals surface area (Å²) < 4.78 is 0. The lowest BCUT2D eigenvalue weighted by Gasteiger charge is -2.14. The maximum Gasteiger partial charge on any atom is 0.0212 e. The molecule has 0 aromatic carbocycles. The van der Waals surface area contributed by atoms with E-state index in [0.29, 0.717) is 0 Å². The monoisotopic (exact) mass is 143 g/mol. The molecule has 1 unspecified atom stereocenters. The molecule has 1 nitrogen and oxygen atoms in total. The molecule has 1 spiro atoms. The van der Waals surface area contributed by atoms with Crippen molar-refractivity contribution >= 4 is 12.6 Å². The van der Waals surface area contributed by atoms with Gasteiger partial charge in [0.25, 0.3) is 0 Å². The zero-order valence-corrected chi connectivity index (χ0v) is 6.45. The van der Waals surface area contributed by atoms with Gasteiger partial charge in [-0.3, -0.25) is 0 Å². The van der Waals surface area contributed by atoms with Crippen LogP contribution >= 0.6 is 12.6 Å². The van der Waals surface area contributed by atoms with Crippen molar-refractivity contribution in [1.82, 2.24) is 5.32 Å². The van der Waals surface area contributed by atoms with Crippen LogP contribution in [-0.2, 0) is 0 Å². The van der Waals surface area contributed by atoms with E-state index in [2.05, 4.69) is 17.9 Å². The molecule has 1 N–H and O–H groups in total. The molecule has 0 aromatic heterocycles. The molecule has 1 saturated heterocycles. The van der Waals surface area contributed by atoms with Crippen molar-refractivity contribution in [2.45, 2.75) is 25.3 Å². The second-order valence-corrected chi connectivity index (χ2v) is 3.67. The summed E-state index contributed by atoms with van der Waals surface area (Å²) in [6, 6.07) is 0.737. The SMILES string of the molecule is SCC1NCCC12CC2. The fourth-order valence-electron chi connectivity index (χ4n) is 1.90. The summed E-state index contributed by atoms with van der Waals surface area (Å²) >= 11 is 4.31. The predicted octanol–water partition coefficient (Wildman–Crippen LogP) is 1.06. The molecule has 1 aliphatic carbocycles. The van der Waals surface area contributed by atoms with Crippen molar-refractivity contribution in [3.8, 4) is 0 Å². The topological polar surface area (TPSA) is 12.0 Å². The van der Waals surface area contributed by atoms with Gasteiger partial charge in [0.05, 0.1) is 0 Å². The lowest BCUT2D eigenvalue weighted by Crippen LogP contribution is -2.29. The molecule has 2 fully saturated rings. The van der Waals surface area contributed by atoms with Crippen LogP contribution in [0.4, 0.5) is 0 Å². The smallest absolute Gasteiger partial charge is 0.0212 e. The van der Waals surface area contributed by atoms with Gasteiger partial charge >= 0.3 is 0 Å². The van der Waals surface area contributed by atoms with Gasteiger partial charge < -0.3 is 5.32 Å². The third-order valence-electron chi connectivity index (χ3n) is 2.83. The van der Waals surface area contributed by atoms with E-state index in [9.17, 15) is 0 Å². The number of rotatable bonds is 1. The Hall–Kier alpha value is 0.310. The van der Waals surface area contributed by atoms with Crippen molar-refractivity contribution in [2.75, 3.05) is 12.3 Å². The Labute approximate surface area is 61.6 Å². The standard InChI is InChI=1S/C7H13NS/c9-5-6-7(1-2-7)3-4-8-6/h6,8-9H,1-5H2. The second-order valence-electron chi connectivity index (χ2n) is 3.30. The number of nitrogens with one attached hydrogen (secondary N) is 1. The van der Waals surface area contributed by atoms with E-state index in [1.165, 1.54) is 25.8 Å². The van der Waals surface area contributed by atoms with E-state index in [1.807, 2.05) is 0 Å². The van der Waals surface area contributed by atoms with Crippen LogP contribution < -0.4 is 5.32 Å². The largest absolute Gasteiger partial charge is 0.313 e. The first-order valence-corrected chi connectivity index (χ1v) is 4.35. The molecule has 0 amide bonds. The van der Waals surface area contributed by atoms with Crippen LogP contribution in [0.5, 0.6) is 0 Å². The average Bonchev–Trinajstić information content (AvgIpc) is 2.45.